The van der Waals surface area contributed by atoms with E-state index in [-0.39, 0.29) is 11.5 Å². The molecule has 0 aromatic heterocycles. The van der Waals surface area contributed by atoms with Crippen LogP contribution in [0.1, 0.15) is 33.6 Å². The third-order valence-corrected chi connectivity index (χ3v) is 4.90. The van der Waals surface area contributed by atoms with Gasteiger partial charge in [0.2, 0.25) is 0 Å². The van der Waals surface area contributed by atoms with Gasteiger partial charge in [0.15, 0.2) is 0 Å². The molecule has 0 aliphatic carbocycles. The Kier molecular flexibility index (Phi) is 6.08. The van der Waals surface area contributed by atoms with Gasteiger partial charge in [0, 0.05) is 29.1 Å². The Morgan fingerprint density at radius 2 is 2.10 bits per heavy atom. The number of nitrogens with one attached hydrogen (secondary N) is 1. The van der Waals surface area contributed by atoms with Crippen LogP contribution in [0, 0.1) is 5.41 Å². The lowest BCUT2D eigenvalue weighted by molar-refractivity contribution is 0.0494. The van der Waals surface area contributed by atoms with Gasteiger partial charge in [-0.3, -0.25) is 0 Å². The summed E-state index contributed by atoms with van der Waals surface area (Å²) in [6, 6.07) is 8.51. The van der Waals surface area contributed by atoms with E-state index >= 15 is 0 Å². The molecule has 1 N–H and O–H groups in total. The van der Waals surface area contributed by atoms with Crippen LogP contribution in [0.3, 0.4) is 0 Å². The van der Waals surface area contributed by atoms with E-state index in [1.54, 1.807) is 0 Å². The summed E-state index contributed by atoms with van der Waals surface area (Å²) in [6.45, 7) is 9.15. The van der Waals surface area contributed by atoms with E-state index in [0.29, 0.717) is 6.04 Å². The van der Waals surface area contributed by atoms with Crippen LogP contribution < -0.4 is 10.1 Å². The number of hydrogen-bond acceptors (Lipinski definition) is 3. The number of rotatable bonds is 7. The second-order valence-electron chi connectivity index (χ2n) is 6.21. The summed E-state index contributed by atoms with van der Waals surface area (Å²) in [7, 11) is 0. The molecule has 0 saturated carbocycles. The van der Waals surface area contributed by atoms with Gasteiger partial charge in [0.05, 0.1) is 12.7 Å². The summed E-state index contributed by atoms with van der Waals surface area (Å²) >= 11 is 3.44. The highest BCUT2D eigenvalue weighted by molar-refractivity contribution is 9.10. The lowest BCUT2D eigenvalue weighted by atomic mass is 9.78. The van der Waals surface area contributed by atoms with Gasteiger partial charge in [0.25, 0.3) is 0 Å². The second-order valence-corrected chi connectivity index (χ2v) is 7.13. The van der Waals surface area contributed by atoms with E-state index in [1.807, 2.05) is 24.3 Å². The van der Waals surface area contributed by atoms with Gasteiger partial charge >= 0.3 is 0 Å². The summed E-state index contributed by atoms with van der Waals surface area (Å²) in [5, 5.41) is 3.57. The summed E-state index contributed by atoms with van der Waals surface area (Å²) in [6.07, 6.45) is 2.42. The zero-order valence-electron chi connectivity index (χ0n) is 13.2. The van der Waals surface area contributed by atoms with Crippen molar-refractivity contribution < 1.29 is 9.47 Å². The SMILES string of the molecule is CC(C)NCC1(CCOc2ccc(Br)cc2)CCOC1C. The standard InChI is InChI=1S/C17H26BrNO2/c1-13(2)19-12-17(8-10-20-14(17)3)9-11-21-16-6-4-15(18)5-7-16/h4-7,13-14,19H,8-12H2,1-3H3. The van der Waals surface area contributed by atoms with Crippen molar-refractivity contribution >= 4 is 15.9 Å². The van der Waals surface area contributed by atoms with Gasteiger partial charge in [-0.25, -0.2) is 0 Å². The molecule has 0 radical (unpaired) electrons. The zero-order valence-corrected chi connectivity index (χ0v) is 14.8. The molecule has 0 spiro atoms. The molecule has 2 rings (SSSR count). The maximum absolute atomic E-state index is 5.90. The highest BCUT2D eigenvalue weighted by Crippen LogP contribution is 2.38. The van der Waals surface area contributed by atoms with Crippen LogP contribution in [0.15, 0.2) is 28.7 Å². The van der Waals surface area contributed by atoms with Crippen LogP contribution in [0.25, 0.3) is 0 Å². The van der Waals surface area contributed by atoms with Crippen molar-refractivity contribution in [2.45, 2.75) is 45.8 Å². The first-order valence-corrected chi connectivity index (χ1v) is 8.54. The van der Waals surface area contributed by atoms with Crippen molar-refractivity contribution in [1.29, 1.82) is 0 Å². The predicted octanol–water partition coefficient (Wildman–Crippen LogP) is 4.01. The molecule has 4 heteroatoms. The smallest absolute Gasteiger partial charge is 0.119 e. The van der Waals surface area contributed by atoms with Crippen LogP contribution in [0.5, 0.6) is 5.75 Å². The Labute approximate surface area is 136 Å². The fourth-order valence-corrected chi connectivity index (χ4v) is 3.04. The predicted molar refractivity (Wildman–Crippen MR) is 89.9 cm³/mol. The normalized spacial score (nSPS) is 25.5. The molecule has 1 aromatic rings. The Morgan fingerprint density at radius 1 is 1.38 bits per heavy atom. The first-order chi connectivity index (χ1) is 10.0. The molecular weight excluding hydrogens is 330 g/mol. The van der Waals surface area contributed by atoms with E-state index in [9.17, 15) is 0 Å². The third kappa shape index (κ3) is 4.70. The van der Waals surface area contributed by atoms with Crippen LogP contribution >= 0.6 is 15.9 Å². The van der Waals surface area contributed by atoms with E-state index in [2.05, 4.69) is 42.0 Å². The van der Waals surface area contributed by atoms with Crippen molar-refractivity contribution in [3.63, 3.8) is 0 Å². The van der Waals surface area contributed by atoms with Gasteiger partial charge < -0.3 is 14.8 Å². The Morgan fingerprint density at radius 3 is 2.67 bits per heavy atom. The summed E-state index contributed by atoms with van der Waals surface area (Å²) in [5.74, 6) is 0.928. The van der Waals surface area contributed by atoms with Crippen molar-refractivity contribution in [2.24, 2.45) is 5.41 Å². The molecule has 1 aromatic carbocycles. The topological polar surface area (TPSA) is 30.5 Å². The maximum atomic E-state index is 5.90. The average Bonchev–Trinajstić information content (AvgIpc) is 2.81. The van der Waals surface area contributed by atoms with Crippen molar-refractivity contribution in [2.75, 3.05) is 19.8 Å². The lowest BCUT2D eigenvalue weighted by Crippen LogP contribution is -2.42. The van der Waals surface area contributed by atoms with E-state index in [1.165, 1.54) is 0 Å². The Hall–Kier alpha value is -0.580. The van der Waals surface area contributed by atoms with Crippen LogP contribution in [0.2, 0.25) is 0 Å². The van der Waals surface area contributed by atoms with Crippen molar-refractivity contribution in [3.8, 4) is 5.75 Å². The number of halogens is 1. The average molecular weight is 356 g/mol. The molecule has 118 valence electrons. The minimum absolute atomic E-state index is 0.194. The largest absolute Gasteiger partial charge is 0.494 e. The monoisotopic (exact) mass is 355 g/mol. The van der Waals surface area contributed by atoms with E-state index < -0.39 is 0 Å². The molecule has 0 amide bonds. The maximum Gasteiger partial charge on any atom is 0.119 e. The summed E-state index contributed by atoms with van der Waals surface area (Å²) in [5.41, 5.74) is 0.194. The minimum atomic E-state index is 0.194. The third-order valence-electron chi connectivity index (χ3n) is 4.37. The molecule has 0 bridgehead atoms. The first-order valence-electron chi connectivity index (χ1n) is 7.75. The summed E-state index contributed by atoms with van der Waals surface area (Å²) < 4.78 is 12.8. The molecule has 3 nitrogen and oxygen atoms in total. The van der Waals surface area contributed by atoms with E-state index in [4.69, 9.17) is 9.47 Å². The number of benzene rings is 1. The van der Waals surface area contributed by atoms with Crippen LogP contribution in [0.4, 0.5) is 0 Å². The van der Waals surface area contributed by atoms with Crippen molar-refractivity contribution in [1.82, 2.24) is 5.32 Å². The molecule has 2 unspecified atom stereocenters. The fraction of sp³-hybridized carbons (Fsp3) is 0.647. The van der Waals surface area contributed by atoms with Crippen LogP contribution in [-0.2, 0) is 4.74 Å². The number of hydrogen-bond donors (Lipinski definition) is 1. The van der Waals surface area contributed by atoms with Crippen LogP contribution in [-0.4, -0.2) is 31.9 Å². The molecule has 1 saturated heterocycles. The quantitative estimate of drug-likeness (QED) is 0.801. The molecule has 2 atom stereocenters. The Bertz CT molecular complexity index is 435. The molecule has 21 heavy (non-hydrogen) atoms. The zero-order chi connectivity index (χ0) is 15.3. The van der Waals surface area contributed by atoms with Gasteiger partial charge in [-0.15, -0.1) is 0 Å². The van der Waals surface area contributed by atoms with Gasteiger partial charge in [0.1, 0.15) is 5.75 Å². The van der Waals surface area contributed by atoms with E-state index in [0.717, 1.165) is 42.8 Å². The van der Waals surface area contributed by atoms with Crippen molar-refractivity contribution in [3.05, 3.63) is 28.7 Å². The first kappa shape index (κ1) is 16.8. The lowest BCUT2D eigenvalue weighted by Gasteiger charge is -2.33. The molecule has 1 aliphatic heterocycles. The summed E-state index contributed by atoms with van der Waals surface area (Å²) in [4.78, 5) is 0. The molecular formula is C17H26BrNO2. The minimum Gasteiger partial charge on any atom is -0.494 e. The van der Waals surface area contributed by atoms with Gasteiger partial charge in [-0.05, 0) is 44.0 Å². The highest BCUT2D eigenvalue weighted by Gasteiger charge is 2.41. The second kappa shape index (κ2) is 7.61. The van der Waals surface area contributed by atoms with Gasteiger partial charge in [-0.2, -0.15) is 0 Å². The fourth-order valence-electron chi connectivity index (χ4n) is 2.78. The van der Waals surface area contributed by atoms with Gasteiger partial charge in [-0.1, -0.05) is 29.8 Å². The molecule has 1 heterocycles. The highest BCUT2D eigenvalue weighted by atomic mass is 79.9. The number of ether oxygens (including phenoxy) is 2. The Balaban J connectivity index is 1.88. The molecule has 1 fully saturated rings. The molecule has 1 aliphatic rings.